The number of halogens is 1. The summed E-state index contributed by atoms with van der Waals surface area (Å²) < 4.78 is 4.86. The molecule has 0 N–H and O–H groups in total. The van der Waals surface area contributed by atoms with Crippen molar-refractivity contribution >= 4 is 28.7 Å². The van der Waals surface area contributed by atoms with Crippen molar-refractivity contribution < 1.29 is 0 Å². The first-order valence-corrected chi connectivity index (χ1v) is 11.5. The van der Waals surface area contributed by atoms with E-state index in [0.717, 1.165) is 37.4 Å². The Morgan fingerprint density at radius 3 is 2.65 bits per heavy atom. The van der Waals surface area contributed by atoms with Gasteiger partial charge >= 0.3 is 5.69 Å². The summed E-state index contributed by atoms with van der Waals surface area (Å²) in [6, 6.07) is 7.73. The van der Waals surface area contributed by atoms with Gasteiger partial charge in [-0.05, 0) is 36.5 Å². The molecule has 3 heterocycles. The Morgan fingerprint density at radius 1 is 1.13 bits per heavy atom. The van der Waals surface area contributed by atoms with Crippen LogP contribution in [0.1, 0.15) is 44.6 Å². The minimum Gasteiger partial charge on any atom is -0.339 e. The predicted octanol–water partition coefficient (Wildman–Crippen LogP) is 3.39. The maximum Gasteiger partial charge on any atom is 0.332 e. The maximum absolute atomic E-state index is 13.6. The number of aromatic nitrogens is 4. The van der Waals surface area contributed by atoms with Crippen LogP contribution < -0.4 is 16.1 Å². The Kier molecular flexibility index (Phi) is 5.16. The van der Waals surface area contributed by atoms with Gasteiger partial charge < -0.3 is 9.47 Å². The molecule has 3 aromatic rings. The molecule has 1 saturated carbocycles. The van der Waals surface area contributed by atoms with Gasteiger partial charge in [0.15, 0.2) is 11.2 Å². The van der Waals surface area contributed by atoms with E-state index in [1.54, 1.807) is 19.2 Å². The summed E-state index contributed by atoms with van der Waals surface area (Å²) in [7, 11) is 1.70. The number of anilines is 1. The van der Waals surface area contributed by atoms with Gasteiger partial charge in [0, 0.05) is 31.2 Å². The van der Waals surface area contributed by atoms with E-state index in [9.17, 15) is 9.59 Å². The lowest BCUT2D eigenvalue weighted by atomic mass is 9.93. The summed E-state index contributed by atoms with van der Waals surface area (Å²) in [4.78, 5) is 33.9. The molecule has 1 aliphatic heterocycles. The van der Waals surface area contributed by atoms with Crippen LogP contribution in [-0.4, -0.2) is 31.3 Å². The van der Waals surface area contributed by atoms with Gasteiger partial charge in [0.2, 0.25) is 5.95 Å². The van der Waals surface area contributed by atoms with Crippen LogP contribution >= 0.6 is 11.6 Å². The number of benzene rings is 1. The van der Waals surface area contributed by atoms with E-state index in [1.807, 2.05) is 16.7 Å². The summed E-state index contributed by atoms with van der Waals surface area (Å²) >= 11 is 6.11. The molecule has 31 heavy (non-hydrogen) atoms. The lowest BCUT2D eigenvalue weighted by Gasteiger charge is -2.40. The first kappa shape index (κ1) is 20.4. The molecule has 2 aromatic heterocycles. The number of rotatable bonds is 3. The molecule has 2 aliphatic rings. The highest BCUT2D eigenvalue weighted by Gasteiger charge is 2.33. The molecule has 0 amide bonds. The van der Waals surface area contributed by atoms with Crippen molar-refractivity contribution in [3.63, 3.8) is 0 Å². The Hall–Kier alpha value is -2.54. The molecule has 1 aliphatic carbocycles. The summed E-state index contributed by atoms with van der Waals surface area (Å²) in [5.74, 6) is 1.25. The monoisotopic (exact) mass is 441 g/mol. The van der Waals surface area contributed by atoms with Crippen molar-refractivity contribution in [2.75, 3.05) is 11.4 Å². The van der Waals surface area contributed by atoms with Crippen molar-refractivity contribution in [1.82, 2.24) is 18.7 Å². The third-order valence-corrected chi connectivity index (χ3v) is 6.95. The Labute approximate surface area is 185 Å². The predicted molar refractivity (Wildman–Crippen MR) is 123 cm³/mol. The average Bonchev–Trinajstić information content (AvgIpc) is 3.15. The molecule has 7 nitrogen and oxygen atoms in total. The number of hydrogen-bond donors (Lipinski definition) is 0. The van der Waals surface area contributed by atoms with Crippen LogP contribution in [0, 0.1) is 5.92 Å². The van der Waals surface area contributed by atoms with Gasteiger partial charge in [0.1, 0.15) is 0 Å². The van der Waals surface area contributed by atoms with Gasteiger partial charge in [-0.1, -0.05) is 49.9 Å². The number of aryl methyl sites for hydroxylation is 1. The summed E-state index contributed by atoms with van der Waals surface area (Å²) in [5.41, 5.74) is 1.18. The molecular weight excluding hydrogens is 414 g/mol. The number of fused-ring (bicyclic) bond motifs is 3. The highest BCUT2D eigenvalue weighted by molar-refractivity contribution is 6.30. The second kappa shape index (κ2) is 7.86. The minimum atomic E-state index is -0.356. The molecule has 0 saturated heterocycles. The smallest absolute Gasteiger partial charge is 0.332 e. The van der Waals surface area contributed by atoms with Gasteiger partial charge in [-0.25, -0.2) is 4.79 Å². The van der Waals surface area contributed by atoms with E-state index >= 15 is 0 Å². The second-order valence-electron chi connectivity index (χ2n) is 9.11. The maximum atomic E-state index is 13.6. The summed E-state index contributed by atoms with van der Waals surface area (Å²) in [6.07, 6.45) is 6.09. The van der Waals surface area contributed by atoms with E-state index in [0.29, 0.717) is 28.1 Å². The molecule has 1 atom stereocenters. The zero-order valence-corrected chi connectivity index (χ0v) is 18.8. The molecule has 0 spiro atoms. The Balaban J connectivity index is 1.67. The van der Waals surface area contributed by atoms with Crippen LogP contribution in [0.2, 0.25) is 5.02 Å². The first-order valence-electron chi connectivity index (χ1n) is 11.1. The first-order chi connectivity index (χ1) is 14.9. The van der Waals surface area contributed by atoms with E-state index in [2.05, 4.69) is 11.8 Å². The Morgan fingerprint density at radius 2 is 1.90 bits per heavy atom. The van der Waals surface area contributed by atoms with Crippen LogP contribution in [0.4, 0.5) is 5.95 Å². The number of hydrogen-bond acceptors (Lipinski definition) is 4. The molecule has 0 bridgehead atoms. The minimum absolute atomic E-state index is 0.185. The molecule has 5 rings (SSSR count). The molecule has 0 radical (unpaired) electrons. The standard InChI is InChI=1S/C23H28ClN5O2/c1-15-12-27(18-9-4-3-5-10-18)22-25-20-19(28(22)13-15)21(30)29(23(31)26(20)2)14-16-7-6-8-17(24)11-16/h6-8,11,15,18H,3-5,9-10,12-14H2,1-2H3/t15-/m1/s1. The van der Waals surface area contributed by atoms with Gasteiger partial charge in [-0.2, -0.15) is 4.98 Å². The average molecular weight is 442 g/mol. The van der Waals surface area contributed by atoms with Gasteiger partial charge in [-0.3, -0.25) is 13.9 Å². The summed E-state index contributed by atoms with van der Waals surface area (Å²) in [5, 5.41) is 0.585. The van der Waals surface area contributed by atoms with Gasteiger partial charge in [-0.15, -0.1) is 0 Å². The van der Waals surface area contributed by atoms with E-state index < -0.39 is 0 Å². The zero-order valence-electron chi connectivity index (χ0n) is 18.1. The molecule has 164 valence electrons. The SMILES string of the molecule is C[C@@H]1CN(C2CCCCC2)c2nc3c(c(=O)n(Cc4cccc(Cl)c4)c(=O)n3C)n2C1. The zero-order chi connectivity index (χ0) is 21.7. The van der Waals surface area contributed by atoms with Crippen molar-refractivity contribution in [1.29, 1.82) is 0 Å². The second-order valence-corrected chi connectivity index (χ2v) is 9.54. The normalized spacial score (nSPS) is 19.7. The number of nitrogens with zero attached hydrogens (tertiary/aromatic N) is 5. The molecule has 0 unspecified atom stereocenters. The summed E-state index contributed by atoms with van der Waals surface area (Å²) in [6.45, 7) is 4.08. The van der Waals surface area contributed by atoms with Crippen LogP contribution in [0.25, 0.3) is 11.2 Å². The fourth-order valence-electron chi connectivity index (χ4n) is 5.20. The topological polar surface area (TPSA) is 65.1 Å². The van der Waals surface area contributed by atoms with E-state index in [4.69, 9.17) is 16.6 Å². The Bertz CT molecular complexity index is 1250. The molecule has 1 aromatic carbocycles. The highest BCUT2D eigenvalue weighted by atomic mass is 35.5. The lowest BCUT2D eigenvalue weighted by Crippen LogP contribution is -2.45. The van der Waals surface area contributed by atoms with Crippen molar-refractivity contribution in [3.05, 3.63) is 55.7 Å². The van der Waals surface area contributed by atoms with Crippen LogP contribution in [0.5, 0.6) is 0 Å². The van der Waals surface area contributed by atoms with Crippen molar-refractivity contribution in [2.45, 2.75) is 58.2 Å². The van der Waals surface area contributed by atoms with E-state index in [1.165, 1.54) is 28.4 Å². The number of imidazole rings is 1. The fraction of sp³-hybridized carbons (Fsp3) is 0.522. The van der Waals surface area contributed by atoms with Crippen LogP contribution in [0.3, 0.4) is 0 Å². The lowest BCUT2D eigenvalue weighted by molar-refractivity contribution is 0.354. The molecular formula is C23H28ClN5O2. The van der Waals surface area contributed by atoms with E-state index in [-0.39, 0.29) is 17.8 Å². The quantitative estimate of drug-likeness (QED) is 0.625. The largest absolute Gasteiger partial charge is 0.339 e. The third-order valence-electron chi connectivity index (χ3n) is 6.72. The third kappa shape index (κ3) is 3.49. The van der Waals surface area contributed by atoms with Crippen molar-refractivity contribution in [3.8, 4) is 0 Å². The van der Waals surface area contributed by atoms with Gasteiger partial charge in [0.05, 0.1) is 6.54 Å². The van der Waals surface area contributed by atoms with Gasteiger partial charge in [0.25, 0.3) is 5.56 Å². The molecule has 8 heteroatoms. The highest BCUT2D eigenvalue weighted by Crippen LogP contribution is 2.33. The van der Waals surface area contributed by atoms with Crippen LogP contribution in [0.15, 0.2) is 33.9 Å². The fourth-order valence-corrected chi connectivity index (χ4v) is 5.41. The van der Waals surface area contributed by atoms with Crippen molar-refractivity contribution in [2.24, 2.45) is 13.0 Å². The molecule has 1 fully saturated rings. The van der Waals surface area contributed by atoms with Crippen LogP contribution in [-0.2, 0) is 20.1 Å².